The van der Waals surface area contributed by atoms with Crippen molar-refractivity contribution in [1.82, 2.24) is 4.90 Å². The number of halogens is 1. The summed E-state index contributed by atoms with van der Waals surface area (Å²) in [6.45, 7) is 5.18. The summed E-state index contributed by atoms with van der Waals surface area (Å²) in [6.07, 6.45) is 4.44. The zero-order valence-electron chi connectivity index (χ0n) is 13.5. The van der Waals surface area contributed by atoms with E-state index in [0.29, 0.717) is 5.92 Å². The molecule has 0 fully saturated rings. The van der Waals surface area contributed by atoms with Gasteiger partial charge in [0.15, 0.2) is 0 Å². The molecule has 1 amide bonds. The van der Waals surface area contributed by atoms with Gasteiger partial charge in [0.05, 0.1) is 5.92 Å². The molecule has 118 valence electrons. The number of unbranched alkanes of at least 4 members (excludes halogenated alkanes) is 2. The molecule has 1 aromatic rings. The Morgan fingerprint density at radius 2 is 1.86 bits per heavy atom. The fourth-order valence-electron chi connectivity index (χ4n) is 2.58. The number of amides is 1. The van der Waals surface area contributed by atoms with Crippen molar-refractivity contribution < 1.29 is 4.79 Å². The van der Waals surface area contributed by atoms with Crippen molar-refractivity contribution in [3.63, 3.8) is 0 Å². The lowest BCUT2D eigenvalue weighted by molar-refractivity contribution is -0.132. The molecule has 0 radical (unpaired) electrons. The maximum atomic E-state index is 12.8. The van der Waals surface area contributed by atoms with E-state index >= 15 is 0 Å². The summed E-state index contributed by atoms with van der Waals surface area (Å²) in [6, 6.07) is 10.2. The van der Waals surface area contributed by atoms with E-state index in [9.17, 15) is 4.79 Å². The molecule has 0 N–H and O–H groups in total. The Labute approximate surface area is 138 Å². The molecule has 3 heteroatoms. The van der Waals surface area contributed by atoms with Crippen LogP contribution >= 0.6 is 15.9 Å². The van der Waals surface area contributed by atoms with Crippen molar-refractivity contribution in [2.75, 3.05) is 18.9 Å². The Hall–Kier alpha value is -0.830. The summed E-state index contributed by atoms with van der Waals surface area (Å²) in [5.74, 6) is 0.608. The molecule has 0 aliphatic carbocycles. The number of carbonyl (C=O) groups is 1. The predicted molar refractivity (Wildman–Crippen MR) is 93.9 cm³/mol. The second kappa shape index (κ2) is 9.99. The first-order valence-electron chi connectivity index (χ1n) is 7.97. The van der Waals surface area contributed by atoms with Crippen LogP contribution in [0, 0.1) is 5.92 Å². The summed E-state index contributed by atoms with van der Waals surface area (Å²) in [4.78, 5) is 14.7. The second-order valence-electron chi connectivity index (χ2n) is 5.78. The van der Waals surface area contributed by atoms with Crippen molar-refractivity contribution in [3.05, 3.63) is 35.9 Å². The van der Waals surface area contributed by atoms with E-state index in [0.717, 1.165) is 30.3 Å². The van der Waals surface area contributed by atoms with Gasteiger partial charge < -0.3 is 4.90 Å². The molecule has 21 heavy (non-hydrogen) atoms. The standard InChI is InChI=1S/C18H28BrNO/c1-4-15(2)17(16-11-7-5-8-12-16)18(21)20(3)14-10-6-9-13-19/h5,7-8,11-12,15,17H,4,6,9-10,13-14H2,1-3H3. The Morgan fingerprint density at radius 3 is 2.43 bits per heavy atom. The SMILES string of the molecule is CCC(C)C(C(=O)N(C)CCCCCBr)c1ccccc1. The molecular weight excluding hydrogens is 326 g/mol. The highest BCUT2D eigenvalue weighted by Gasteiger charge is 2.27. The van der Waals surface area contributed by atoms with Gasteiger partial charge in [0, 0.05) is 18.9 Å². The zero-order valence-corrected chi connectivity index (χ0v) is 15.1. The number of benzene rings is 1. The number of likely N-dealkylation sites (N-methyl/N-ethyl adjacent to an activating group) is 1. The van der Waals surface area contributed by atoms with E-state index in [2.05, 4.69) is 41.9 Å². The number of nitrogens with zero attached hydrogens (tertiary/aromatic N) is 1. The quantitative estimate of drug-likeness (QED) is 0.459. The third-order valence-electron chi connectivity index (χ3n) is 4.14. The number of rotatable bonds is 9. The lowest BCUT2D eigenvalue weighted by atomic mass is 9.84. The minimum Gasteiger partial charge on any atom is -0.345 e. The van der Waals surface area contributed by atoms with Crippen LogP contribution in [0.4, 0.5) is 0 Å². The summed E-state index contributed by atoms with van der Waals surface area (Å²) in [5, 5.41) is 1.05. The van der Waals surface area contributed by atoms with E-state index in [1.165, 1.54) is 12.8 Å². The monoisotopic (exact) mass is 353 g/mol. The number of carbonyl (C=O) groups excluding carboxylic acids is 1. The molecule has 0 aromatic heterocycles. The maximum Gasteiger partial charge on any atom is 0.230 e. The van der Waals surface area contributed by atoms with Gasteiger partial charge in [0.25, 0.3) is 0 Å². The van der Waals surface area contributed by atoms with Crippen LogP contribution in [0.5, 0.6) is 0 Å². The Morgan fingerprint density at radius 1 is 1.19 bits per heavy atom. The van der Waals surface area contributed by atoms with Crippen LogP contribution in [-0.2, 0) is 4.79 Å². The highest BCUT2D eigenvalue weighted by Crippen LogP contribution is 2.28. The largest absolute Gasteiger partial charge is 0.345 e. The van der Waals surface area contributed by atoms with Gasteiger partial charge in [0.2, 0.25) is 5.91 Å². The Bertz CT molecular complexity index is 407. The molecule has 0 heterocycles. The molecule has 0 saturated heterocycles. The van der Waals surface area contributed by atoms with Gasteiger partial charge in [-0.15, -0.1) is 0 Å². The third-order valence-corrected chi connectivity index (χ3v) is 4.70. The predicted octanol–water partition coefficient (Wildman–Crippen LogP) is 4.84. The van der Waals surface area contributed by atoms with Crippen LogP contribution in [0.2, 0.25) is 0 Å². The van der Waals surface area contributed by atoms with Crippen LogP contribution in [0.3, 0.4) is 0 Å². The number of hydrogen-bond acceptors (Lipinski definition) is 1. The molecule has 1 aromatic carbocycles. The van der Waals surface area contributed by atoms with E-state index < -0.39 is 0 Å². The highest BCUT2D eigenvalue weighted by molar-refractivity contribution is 9.09. The summed E-state index contributed by atoms with van der Waals surface area (Å²) >= 11 is 3.45. The maximum absolute atomic E-state index is 12.8. The minimum atomic E-state index is -0.0163. The molecule has 0 spiro atoms. The van der Waals surface area contributed by atoms with E-state index in [4.69, 9.17) is 0 Å². The van der Waals surface area contributed by atoms with E-state index in [-0.39, 0.29) is 11.8 Å². The Kier molecular flexibility index (Phi) is 8.67. The van der Waals surface area contributed by atoms with Gasteiger partial charge in [-0.1, -0.05) is 73.0 Å². The topological polar surface area (TPSA) is 20.3 Å². The molecule has 2 nitrogen and oxygen atoms in total. The average molecular weight is 354 g/mol. The van der Waals surface area contributed by atoms with Crippen molar-refractivity contribution in [2.24, 2.45) is 5.92 Å². The second-order valence-corrected chi connectivity index (χ2v) is 6.58. The van der Waals surface area contributed by atoms with Gasteiger partial charge in [0.1, 0.15) is 0 Å². The number of alkyl halides is 1. The fourth-order valence-corrected chi connectivity index (χ4v) is 2.97. The molecule has 0 bridgehead atoms. The summed E-state index contributed by atoms with van der Waals surface area (Å²) < 4.78 is 0. The lowest BCUT2D eigenvalue weighted by Gasteiger charge is -2.28. The molecule has 2 atom stereocenters. The lowest BCUT2D eigenvalue weighted by Crippen LogP contribution is -2.35. The molecule has 2 unspecified atom stereocenters. The minimum absolute atomic E-state index is 0.0163. The molecule has 0 saturated carbocycles. The fraction of sp³-hybridized carbons (Fsp3) is 0.611. The van der Waals surface area contributed by atoms with Crippen LogP contribution in [-0.4, -0.2) is 29.7 Å². The van der Waals surface area contributed by atoms with Crippen molar-refractivity contribution in [3.8, 4) is 0 Å². The average Bonchev–Trinajstić information content (AvgIpc) is 2.52. The van der Waals surface area contributed by atoms with Crippen LogP contribution in [0.1, 0.15) is 51.0 Å². The molecular formula is C18H28BrNO. The van der Waals surface area contributed by atoms with Crippen LogP contribution < -0.4 is 0 Å². The van der Waals surface area contributed by atoms with E-state index in [1.807, 2.05) is 30.1 Å². The first kappa shape index (κ1) is 18.2. The summed E-state index contributed by atoms with van der Waals surface area (Å²) in [5.41, 5.74) is 1.14. The van der Waals surface area contributed by atoms with Crippen molar-refractivity contribution in [2.45, 2.75) is 45.4 Å². The zero-order chi connectivity index (χ0) is 15.7. The van der Waals surface area contributed by atoms with Gasteiger partial charge in [-0.3, -0.25) is 4.79 Å². The van der Waals surface area contributed by atoms with Crippen molar-refractivity contribution >= 4 is 21.8 Å². The first-order chi connectivity index (χ1) is 10.1. The summed E-state index contributed by atoms with van der Waals surface area (Å²) in [7, 11) is 1.94. The van der Waals surface area contributed by atoms with Gasteiger partial charge in [-0.25, -0.2) is 0 Å². The normalized spacial score (nSPS) is 13.7. The third kappa shape index (κ3) is 5.82. The van der Waals surface area contributed by atoms with E-state index in [1.54, 1.807) is 0 Å². The van der Waals surface area contributed by atoms with Crippen molar-refractivity contribution in [1.29, 1.82) is 0 Å². The Balaban J connectivity index is 2.72. The van der Waals surface area contributed by atoms with Gasteiger partial charge in [-0.05, 0) is 24.3 Å². The molecule has 1 rings (SSSR count). The first-order valence-corrected chi connectivity index (χ1v) is 9.09. The smallest absolute Gasteiger partial charge is 0.230 e. The number of hydrogen-bond donors (Lipinski definition) is 0. The van der Waals surface area contributed by atoms with Crippen LogP contribution in [0.15, 0.2) is 30.3 Å². The van der Waals surface area contributed by atoms with Gasteiger partial charge in [-0.2, -0.15) is 0 Å². The molecule has 0 aliphatic heterocycles. The molecule has 0 aliphatic rings. The highest BCUT2D eigenvalue weighted by atomic mass is 79.9. The van der Waals surface area contributed by atoms with Crippen LogP contribution in [0.25, 0.3) is 0 Å². The van der Waals surface area contributed by atoms with Gasteiger partial charge >= 0.3 is 0 Å².